The van der Waals surface area contributed by atoms with Crippen LogP contribution in [0.3, 0.4) is 0 Å². The van der Waals surface area contributed by atoms with Crippen molar-refractivity contribution in [1.82, 2.24) is 30.1 Å². The topological polar surface area (TPSA) is 100 Å². The van der Waals surface area contributed by atoms with Crippen molar-refractivity contribution in [2.45, 2.75) is 29.9 Å². The van der Waals surface area contributed by atoms with E-state index in [1.807, 2.05) is 0 Å². The first kappa shape index (κ1) is 12.8. The molecule has 0 aromatic carbocycles. The van der Waals surface area contributed by atoms with Gasteiger partial charge in [0.2, 0.25) is 5.16 Å². The van der Waals surface area contributed by atoms with E-state index in [4.69, 9.17) is 0 Å². The summed E-state index contributed by atoms with van der Waals surface area (Å²) in [5, 5.41) is 8.27. The van der Waals surface area contributed by atoms with Gasteiger partial charge in [-0.15, -0.1) is 5.10 Å². The molecule has 0 bridgehead atoms. The minimum absolute atomic E-state index is 0.251. The first-order chi connectivity index (χ1) is 9.76. The predicted molar refractivity (Wildman–Crippen MR) is 74.7 cm³/mol. The summed E-state index contributed by atoms with van der Waals surface area (Å²) in [7, 11) is 0. The second kappa shape index (κ2) is 5.41. The molecule has 0 atom stereocenters. The summed E-state index contributed by atoms with van der Waals surface area (Å²) in [4.78, 5) is 26.9. The Morgan fingerprint density at radius 1 is 1.30 bits per heavy atom. The zero-order valence-corrected chi connectivity index (χ0v) is 11.6. The average molecular weight is 288 g/mol. The van der Waals surface area contributed by atoms with Crippen LogP contribution in [0.2, 0.25) is 0 Å². The van der Waals surface area contributed by atoms with E-state index >= 15 is 0 Å². The molecule has 7 nitrogen and oxygen atoms in total. The molecule has 3 heterocycles. The molecule has 0 amide bonds. The van der Waals surface area contributed by atoms with Crippen molar-refractivity contribution in [3.63, 3.8) is 0 Å². The first-order valence-corrected chi connectivity index (χ1v) is 7.01. The Balaban J connectivity index is 1.90. The van der Waals surface area contributed by atoms with E-state index in [2.05, 4.69) is 37.1 Å². The van der Waals surface area contributed by atoms with Crippen molar-refractivity contribution >= 4 is 22.8 Å². The normalized spacial score (nSPS) is 11.1. The SMILES string of the molecule is CCCc1nc(Sc2ccc3nc[nH]c(=O)c3n2)n[nH]1. The van der Waals surface area contributed by atoms with E-state index in [1.54, 1.807) is 12.1 Å². The number of rotatable bonds is 4. The highest BCUT2D eigenvalue weighted by Crippen LogP contribution is 2.23. The smallest absolute Gasteiger partial charge is 0.277 e. The predicted octanol–water partition coefficient (Wildman–Crippen LogP) is 1.54. The van der Waals surface area contributed by atoms with Crippen molar-refractivity contribution in [2.75, 3.05) is 0 Å². The molecule has 3 aromatic rings. The molecule has 0 aliphatic carbocycles. The van der Waals surface area contributed by atoms with Crippen LogP contribution in [-0.2, 0) is 6.42 Å². The fourth-order valence-corrected chi connectivity index (χ4v) is 2.46. The van der Waals surface area contributed by atoms with Crippen LogP contribution < -0.4 is 5.56 Å². The monoisotopic (exact) mass is 288 g/mol. The minimum Gasteiger partial charge on any atom is -0.311 e. The summed E-state index contributed by atoms with van der Waals surface area (Å²) in [6, 6.07) is 3.56. The Morgan fingerprint density at radius 3 is 3.05 bits per heavy atom. The van der Waals surface area contributed by atoms with E-state index in [-0.39, 0.29) is 5.56 Å². The minimum atomic E-state index is -0.251. The van der Waals surface area contributed by atoms with Crippen molar-refractivity contribution in [3.05, 3.63) is 34.6 Å². The van der Waals surface area contributed by atoms with Crippen LogP contribution in [-0.4, -0.2) is 30.1 Å². The molecule has 2 N–H and O–H groups in total. The Bertz CT molecular complexity index is 796. The lowest BCUT2D eigenvalue weighted by molar-refractivity contribution is 0.840. The van der Waals surface area contributed by atoms with Crippen LogP contribution in [0.4, 0.5) is 0 Å². The number of hydrogen-bond donors (Lipinski definition) is 2. The molecule has 0 saturated carbocycles. The van der Waals surface area contributed by atoms with Gasteiger partial charge in [0, 0.05) is 6.42 Å². The lowest BCUT2D eigenvalue weighted by atomic mass is 10.3. The molecule has 8 heteroatoms. The number of nitrogens with zero attached hydrogens (tertiary/aromatic N) is 4. The standard InChI is InChI=1S/C12H12N6OS/c1-2-3-8-15-12(18-17-8)20-9-5-4-7-10(16-9)11(19)14-6-13-7/h4-6H,2-3H2,1H3,(H,13,14,19)(H,15,17,18). The van der Waals surface area contributed by atoms with Crippen LogP contribution in [0, 0.1) is 0 Å². The van der Waals surface area contributed by atoms with Gasteiger partial charge in [0.05, 0.1) is 11.8 Å². The van der Waals surface area contributed by atoms with E-state index in [0.717, 1.165) is 18.7 Å². The number of nitrogens with one attached hydrogen (secondary N) is 2. The molecule has 0 aliphatic rings. The molecular weight excluding hydrogens is 276 g/mol. The zero-order valence-electron chi connectivity index (χ0n) is 10.8. The first-order valence-electron chi connectivity index (χ1n) is 6.20. The third-order valence-corrected chi connectivity index (χ3v) is 3.46. The van der Waals surface area contributed by atoms with Crippen LogP contribution in [0.15, 0.2) is 33.4 Å². The summed E-state index contributed by atoms with van der Waals surface area (Å²) < 4.78 is 0. The highest BCUT2D eigenvalue weighted by atomic mass is 32.2. The van der Waals surface area contributed by atoms with E-state index in [1.165, 1.54) is 18.1 Å². The molecule has 0 aliphatic heterocycles. The highest BCUT2D eigenvalue weighted by Gasteiger charge is 2.08. The number of fused-ring (bicyclic) bond motifs is 1. The fourth-order valence-electron chi connectivity index (χ4n) is 1.76. The number of hydrogen-bond acceptors (Lipinski definition) is 6. The van der Waals surface area contributed by atoms with Gasteiger partial charge in [0.15, 0.2) is 5.52 Å². The summed E-state index contributed by atoms with van der Waals surface area (Å²) in [5.74, 6) is 0.857. The zero-order chi connectivity index (χ0) is 13.9. The van der Waals surface area contributed by atoms with E-state index < -0.39 is 0 Å². The maximum absolute atomic E-state index is 11.7. The van der Waals surface area contributed by atoms with Crippen LogP contribution in [0.1, 0.15) is 19.2 Å². The number of aryl methyl sites for hydroxylation is 1. The van der Waals surface area contributed by atoms with Crippen molar-refractivity contribution < 1.29 is 0 Å². The second-order valence-electron chi connectivity index (χ2n) is 4.17. The number of pyridine rings is 1. The van der Waals surface area contributed by atoms with Gasteiger partial charge >= 0.3 is 0 Å². The van der Waals surface area contributed by atoms with E-state index in [9.17, 15) is 4.79 Å². The third kappa shape index (κ3) is 2.55. The van der Waals surface area contributed by atoms with E-state index in [0.29, 0.717) is 21.2 Å². The number of aromatic amines is 2. The summed E-state index contributed by atoms with van der Waals surface area (Å²) in [6.45, 7) is 2.08. The fraction of sp³-hybridized carbons (Fsp3) is 0.250. The number of aromatic nitrogens is 6. The lowest BCUT2D eigenvalue weighted by Crippen LogP contribution is -2.08. The Morgan fingerprint density at radius 2 is 2.20 bits per heavy atom. The molecule has 0 unspecified atom stereocenters. The Labute approximate surface area is 118 Å². The van der Waals surface area contributed by atoms with Gasteiger partial charge in [0.1, 0.15) is 10.9 Å². The van der Waals surface area contributed by atoms with Gasteiger partial charge in [-0.3, -0.25) is 9.89 Å². The molecular formula is C12H12N6OS. The molecule has 0 saturated heterocycles. The largest absolute Gasteiger partial charge is 0.311 e. The van der Waals surface area contributed by atoms with Gasteiger partial charge in [-0.2, -0.15) is 0 Å². The number of H-pyrrole nitrogens is 2. The molecule has 0 radical (unpaired) electrons. The van der Waals surface area contributed by atoms with Crippen molar-refractivity contribution in [3.8, 4) is 0 Å². The quantitative estimate of drug-likeness (QED) is 0.755. The molecule has 102 valence electrons. The van der Waals surface area contributed by atoms with Gasteiger partial charge in [-0.05, 0) is 30.3 Å². The Kier molecular flexibility index (Phi) is 3.46. The maximum Gasteiger partial charge on any atom is 0.277 e. The third-order valence-electron chi connectivity index (χ3n) is 2.66. The maximum atomic E-state index is 11.7. The lowest BCUT2D eigenvalue weighted by Gasteiger charge is -1.98. The molecule has 3 aromatic heterocycles. The molecule has 0 spiro atoms. The van der Waals surface area contributed by atoms with Gasteiger partial charge in [-0.25, -0.2) is 15.0 Å². The highest BCUT2D eigenvalue weighted by molar-refractivity contribution is 7.99. The molecule has 0 fully saturated rings. The second-order valence-corrected chi connectivity index (χ2v) is 5.15. The van der Waals surface area contributed by atoms with Crippen molar-refractivity contribution in [2.24, 2.45) is 0 Å². The van der Waals surface area contributed by atoms with Crippen molar-refractivity contribution in [1.29, 1.82) is 0 Å². The summed E-state index contributed by atoms with van der Waals surface area (Å²) in [5.41, 5.74) is 0.640. The average Bonchev–Trinajstić information content (AvgIpc) is 2.88. The van der Waals surface area contributed by atoms with Gasteiger partial charge < -0.3 is 4.98 Å². The van der Waals surface area contributed by atoms with Gasteiger partial charge in [0.25, 0.3) is 5.56 Å². The van der Waals surface area contributed by atoms with Crippen LogP contribution in [0.5, 0.6) is 0 Å². The summed E-state index contributed by atoms with van der Waals surface area (Å²) >= 11 is 1.31. The summed E-state index contributed by atoms with van der Waals surface area (Å²) in [6.07, 6.45) is 3.24. The molecule has 3 rings (SSSR count). The van der Waals surface area contributed by atoms with Gasteiger partial charge in [-0.1, -0.05) is 6.92 Å². The van der Waals surface area contributed by atoms with Crippen LogP contribution >= 0.6 is 11.8 Å². The molecule has 20 heavy (non-hydrogen) atoms. The Hall–Kier alpha value is -2.22. The van der Waals surface area contributed by atoms with Crippen LogP contribution in [0.25, 0.3) is 11.0 Å².